The Hall–Kier alpha value is -2.17. The van der Waals surface area contributed by atoms with E-state index in [1.807, 2.05) is 24.3 Å². The molecule has 1 N–H and O–H groups in total. The number of hydrogen-bond donors (Lipinski definition) is 1. The van der Waals surface area contributed by atoms with Crippen molar-refractivity contribution in [3.8, 4) is 5.75 Å². The van der Waals surface area contributed by atoms with Gasteiger partial charge in [0.2, 0.25) is 0 Å². The van der Waals surface area contributed by atoms with Gasteiger partial charge in [-0.15, -0.1) is 0 Å². The van der Waals surface area contributed by atoms with Gasteiger partial charge in [0.25, 0.3) is 5.91 Å². The molecule has 3 rings (SSSR count). The average Bonchev–Trinajstić information content (AvgIpc) is 3.00. The lowest BCUT2D eigenvalue weighted by molar-refractivity contribution is 0.0951. The topological polar surface area (TPSA) is 51.5 Å². The second-order valence-electron chi connectivity index (χ2n) is 5.20. The maximum absolute atomic E-state index is 12.4. The van der Waals surface area contributed by atoms with Crippen molar-refractivity contribution < 1.29 is 13.9 Å². The summed E-state index contributed by atoms with van der Waals surface area (Å²) in [6.07, 6.45) is 2.35. The summed E-state index contributed by atoms with van der Waals surface area (Å²) >= 11 is 12.2. The summed E-state index contributed by atoms with van der Waals surface area (Å²) in [7, 11) is 1.45. The Kier molecular flexibility index (Phi) is 4.97. The fraction of sp³-hybridized carbons (Fsp3) is 0.167. The molecule has 1 heterocycles. The fourth-order valence-electron chi connectivity index (χ4n) is 2.57. The van der Waals surface area contributed by atoms with Crippen LogP contribution >= 0.6 is 23.2 Å². The van der Waals surface area contributed by atoms with Crippen molar-refractivity contribution in [2.24, 2.45) is 0 Å². The van der Waals surface area contributed by atoms with Crippen molar-refractivity contribution in [3.05, 3.63) is 63.8 Å². The van der Waals surface area contributed by atoms with E-state index in [2.05, 4.69) is 5.32 Å². The van der Waals surface area contributed by atoms with Crippen molar-refractivity contribution in [2.45, 2.75) is 6.42 Å². The third kappa shape index (κ3) is 3.21. The number of para-hydroxylation sites is 1. The zero-order valence-electron chi connectivity index (χ0n) is 12.9. The molecule has 0 aliphatic carbocycles. The number of hydrogen-bond acceptors (Lipinski definition) is 3. The number of carbonyl (C=O) groups is 1. The minimum atomic E-state index is -0.327. The molecule has 6 heteroatoms. The molecule has 124 valence electrons. The first-order valence-corrected chi connectivity index (χ1v) is 8.12. The number of nitrogens with one attached hydrogen (secondary N) is 1. The first-order chi connectivity index (χ1) is 11.6. The minimum Gasteiger partial charge on any atom is -0.494 e. The molecule has 0 saturated carbocycles. The van der Waals surface area contributed by atoms with Crippen LogP contribution in [0.5, 0.6) is 5.75 Å². The van der Waals surface area contributed by atoms with Crippen LogP contribution in [0.4, 0.5) is 0 Å². The molecule has 0 unspecified atom stereocenters. The average molecular weight is 364 g/mol. The van der Waals surface area contributed by atoms with Crippen LogP contribution in [0.1, 0.15) is 15.9 Å². The smallest absolute Gasteiger partial charge is 0.256 e. The molecule has 0 saturated heterocycles. The minimum absolute atomic E-state index is 0.240. The zero-order chi connectivity index (χ0) is 17.1. The van der Waals surface area contributed by atoms with E-state index in [4.69, 9.17) is 32.4 Å². The molecule has 1 amide bonds. The summed E-state index contributed by atoms with van der Waals surface area (Å²) < 4.78 is 10.7. The number of fused-ring (bicyclic) bond motifs is 1. The third-order valence-electron chi connectivity index (χ3n) is 3.73. The molecule has 1 aromatic heterocycles. The van der Waals surface area contributed by atoms with Crippen LogP contribution in [0.2, 0.25) is 10.0 Å². The number of rotatable bonds is 5. The van der Waals surface area contributed by atoms with Crippen LogP contribution in [0.15, 0.2) is 47.1 Å². The molecular weight excluding hydrogens is 349 g/mol. The summed E-state index contributed by atoms with van der Waals surface area (Å²) in [4.78, 5) is 12.4. The molecule has 0 atom stereocenters. The van der Waals surface area contributed by atoms with Crippen molar-refractivity contribution in [1.82, 2.24) is 5.32 Å². The van der Waals surface area contributed by atoms with Gasteiger partial charge >= 0.3 is 0 Å². The van der Waals surface area contributed by atoms with Crippen LogP contribution in [0.25, 0.3) is 11.0 Å². The number of furan rings is 1. The molecule has 0 bridgehead atoms. The first kappa shape index (κ1) is 16.7. The number of ether oxygens (including phenoxy) is 1. The number of amides is 1. The lowest BCUT2D eigenvalue weighted by Gasteiger charge is -2.12. The molecule has 0 spiro atoms. The van der Waals surface area contributed by atoms with E-state index in [9.17, 15) is 4.79 Å². The van der Waals surface area contributed by atoms with E-state index in [0.717, 1.165) is 16.5 Å². The summed E-state index contributed by atoms with van der Waals surface area (Å²) in [5.41, 5.74) is 2.11. The van der Waals surface area contributed by atoms with Crippen LogP contribution in [-0.2, 0) is 6.42 Å². The zero-order valence-corrected chi connectivity index (χ0v) is 14.4. The summed E-state index contributed by atoms with van der Waals surface area (Å²) in [6, 6.07) is 10.9. The van der Waals surface area contributed by atoms with Gasteiger partial charge in [0, 0.05) is 11.9 Å². The van der Waals surface area contributed by atoms with Crippen LogP contribution in [-0.4, -0.2) is 19.6 Å². The Morgan fingerprint density at radius 2 is 1.92 bits per heavy atom. The summed E-state index contributed by atoms with van der Waals surface area (Å²) in [6.45, 7) is 0.439. The first-order valence-electron chi connectivity index (χ1n) is 7.37. The number of benzene rings is 2. The maximum Gasteiger partial charge on any atom is 0.256 e. The van der Waals surface area contributed by atoms with E-state index in [1.165, 1.54) is 7.11 Å². The van der Waals surface area contributed by atoms with E-state index < -0.39 is 0 Å². The lowest BCUT2D eigenvalue weighted by Crippen LogP contribution is -2.26. The Morgan fingerprint density at radius 1 is 1.17 bits per heavy atom. The van der Waals surface area contributed by atoms with Crippen molar-refractivity contribution in [2.75, 3.05) is 13.7 Å². The largest absolute Gasteiger partial charge is 0.494 e. The van der Waals surface area contributed by atoms with E-state index in [0.29, 0.717) is 23.0 Å². The number of carbonyl (C=O) groups excluding carboxylic acids is 1. The van der Waals surface area contributed by atoms with E-state index in [1.54, 1.807) is 18.4 Å². The highest BCUT2D eigenvalue weighted by molar-refractivity contribution is 6.37. The quantitative estimate of drug-likeness (QED) is 0.713. The van der Waals surface area contributed by atoms with Gasteiger partial charge in [0.05, 0.1) is 23.4 Å². The Balaban J connectivity index is 1.71. The molecular formula is C18H15Cl2NO3. The van der Waals surface area contributed by atoms with Crippen LogP contribution in [0.3, 0.4) is 0 Å². The third-order valence-corrected chi connectivity index (χ3v) is 4.34. The molecule has 0 aliphatic heterocycles. The van der Waals surface area contributed by atoms with Gasteiger partial charge in [0.1, 0.15) is 11.1 Å². The van der Waals surface area contributed by atoms with Gasteiger partial charge in [-0.2, -0.15) is 0 Å². The SMILES string of the molecule is COc1c(Cl)ccc(Cl)c1C(=O)NCCc1coc2ccccc12. The highest BCUT2D eigenvalue weighted by Crippen LogP contribution is 2.33. The van der Waals surface area contributed by atoms with Gasteiger partial charge < -0.3 is 14.5 Å². The van der Waals surface area contributed by atoms with E-state index >= 15 is 0 Å². The van der Waals surface area contributed by atoms with E-state index in [-0.39, 0.29) is 17.2 Å². The molecule has 4 nitrogen and oxygen atoms in total. The molecule has 0 radical (unpaired) electrons. The van der Waals surface area contributed by atoms with Gasteiger partial charge in [-0.3, -0.25) is 4.79 Å². The monoisotopic (exact) mass is 363 g/mol. The standard InChI is InChI=1S/C18H15Cl2NO3/c1-23-17-14(20)7-6-13(19)16(17)18(22)21-9-8-11-10-24-15-5-3-2-4-12(11)15/h2-7,10H,8-9H2,1H3,(H,21,22). The summed E-state index contributed by atoms with van der Waals surface area (Å²) in [5, 5.41) is 4.52. The predicted molar refractivity (Wildman–Crippen MR) is 95.3 cm³/mol. The van der Waals surface area contributed by atoms with Crippen LogP contribution in [0, 0.1) is 0 Å². The van der Waals surface area contributed by atoms with Gasteiger partial charge in [-0.1, -0.05) is 41.4 Å². The van der Waals surface area contributed by atoms with Crippen molar-refractivity contribution in [1.29, 1.82) is 0 Å². The highest BCUT2D eigenvalue weighted by atomic mass is 35.5. The maximum atomic E-state index is 12.4. The van der Waals surface area contributed by atoms with Gasteiger partial charge in [-0.05, 0) is 30.2 Å². The molecule has 2 aromatic carbocycles. The van der Waals surface area contributed by atoms with Crippen molar-refractivity contribution in [3.63, 3.8) is 0 Å². The van der Waals surface area contributed by atoms with Gasteiger partial charge in [-0.25, -0.2) is 0 Å². The fourth-order valence-corrected chi connectivity index (χ4v) is 3.04. The summed E-state index contributed by atoms with van der Waals surface area (Å²) in [5.74, 6) is -0.0532. The normalized spacial score (nSPS) is 10.8. The Labute approximate surface area is 149 Å². The second-order valence-corrected chi connectivity index (χ2v) is 6.01. The highest BCUT2D eigenvalue weighted by Gasteiger charge is 2.19. The Morgan fingerprint density at radius 3 is 2.71 bits per heavy atom. The second kappa shape index (κ2) is 7.16. The predicted octanol–water partition coefficient (Wildman–Crippen LogP) is 4.72. The molecule has 0 fully saturated rings. The molecule has 0 aliphatic rings. The number of halogens is 2. The molecule has 24 heavy (non-hydrogen) atoms. The van der Waals surface area contributed by atoms with Gasteiger partial charge in [0.15, 0.2) is 5.75 Å². The Bertz CT molecular complexity index is 889. The lowest BCUT2D eigenvalue weighted by atomic mass is 10.1. The van der Waals surface area contributed by atoms with Crippen molar-refractivity contribution >= 4 is 40.1 Å². The molecule has 3 aromatic rings. The number of methoxy groups -OCH3 is 1. The van der Waals surface area contributed by atoms with Crippen LogP contribution < -0.4 is 10.1 Å².